The van der Waals surface area contributed by atoms with Crippen LogP contribution in [0.4, 0.5) is 0 Å². The largest absolute Gasteiger partial charge is 0.380 e. The smallest absolute Gasteiger partial charge is 0.148 e. The van der Waals surface area contributed by atoms with Crippen molar-refractivity contribution in [2.45, 2.75) is 32.9 Å². The van der Waals surface area contributed by atoms with Gasteiger partial charge in [0, 0.05) is 24.9 Å². The van der Waals surface area contributed by atoms with Gasteiger partial charge in [-0.2, -0.15) is 0 Å². The number of rotatable bonds is 7. The zero-order valence-electron chi connectivity index (χ0n) is 9.41. The molecule has 0 amide bonds. The molecule has 5 heteroatoms. The number of hydrogen-bond donors (Lipinski definition) is 1. The fourth-order valence-corrected chi connectivity index (χ4v) is 2.34. The molecule has 0 rings (SSSR count). The number of hydrogen-bond acceptors (Lipinski definition) is 4. The Labute approximate surface area is 86.9 Å². The summed E-state index contributed by atoms with van der Waals surface area (Å²) in [6.07, 6.45) is 1.25. The highest BCUT2D eigenvalue weighted by Crippen LogP contribution is 1.93. The van der Waals surface area contributed by atoms with Gasteiger partial charge in [-0.15, -0.1) is 0 Å². The summed E-state index contributed by atoms with van der Waals surface area (Å²) in [7, 11) is -2.89. The second kappa shape index (κ2) is 6.37. The maximum Gasteiger partial charge on any atom is 0.148 e. The minimum Gasteiger partial charge on any atom is -0.380 e. The molecule has 0 spiro atoms. The average Bonchev–Trinajstić information content (AvgIpc) is 1.96. The Hall–Kier alpha value is -0.130. The lowest BCUT2D eigenvalue weighted by molar-refractivity contribution is 0.125. The van der Waals surface area contributed by atoms with Crippen molar-refractivity contribution in [3.05, 3.63) is 0 Å². The fourth-order valence-electron chi connectivity index (χ4n) is 1.33. The summed E-state index contributed by atoms with van der Waals surface area (Å²) >= 11 is 0. The highest BCUT2D eigenvalue weighted by Gasteiger charge is 2.12. The molecule has 0 saturated heterocycles. The SMILES string of the molecule is CCOCC(C)NC(C)CS(C)(=O)=O. The van der Waals surface area contributed by atoms with Crippen LogP contribution in [0.3, 0.4) is 0 Å². The highest BCUT2D eigenvalue weighted by atomic mass is 32.2. The van der Waals surface area contributed by atoms with E-state index in [1.807, 2.05) is 20.8 Å². The normalized spacial score (nSPS) is 16.6. The standard InChI is InChI=1S/C9H21NO3S/c1-5-13-6-8(2)10-9(3)7-14(4,11)12/h8-10H,5-7H2,1-4H3. The molecule has 0 radical (unpaired) electrons. The van der Waals surface area contributed by atoms with Gasteiger partial charge in [-0.05, 0) is 20.8 Å². The van der Waals surface area contributed by atoms with Gasteiger partial charge < -0.3 is 10.1 Å². The second-order valence-electron chi connectivity index (χ2n) is 3.72. The monoisotopic (exact) mass is 223 g/mol. The summed E-state index contributed by atoms with van der Waals surface area (Å²) < 4.78 is 27.1. The lowest BCUT2D eigenvalue weighted by Gasteiger charge is -2.18. The van der Waals surface area contributed by atoms with Crippen LogP contribution in [0.1, 0.15) is 20.8 Å². The van der Waals surface area contributed by atoms with Crippen molar-refractivity contribution >= 4 is 9.84 Å². The summed E-state index contributed by atoms with van der Waals surface area (Å²) in [4.78, 5) is 0. The quantitative estimate of drug-likeness (QED) is 0.680. The molecule has 2 unspecified atom stereocenters. The van der Waals surface area contributed by atoms with E-state index in [2.05, 4.69) is 5.32 Å². The molecule has 86 valence electrons. The molecule has 0 aliphatic carbocycles. The van der Waals surface area contributed by atoms with Crippen molar-refractivity contribution in [2.24, 2.45) is 0 Å². The first-order valence-electron chi connectivity index (χ1n) is 4.86. The van der Waals surface area contributed by atoms with Gasteiger partial charge in [0.1, 0.15) is 9.84 Å². The Balaban J connectivity index is 3.76. The Morgan fingerprint density at radius 3 is 2.29 bits per heavy atom. The van der Waals surface area contributed by atoms with Crippen molar-refractivity contribution in [3.8, 4) is 0 Å². The third-order valence-electron chi connectivity index (χ3n) is 1.69. The molecule has 1 N–H and O–H groups in total. The summed E-state index contributed by atoms with van der Waals surface area (Å²) in [5.41, 5.74) is 0. The van der Waals surface area contributed by atoms with Crippen LogP contribution in [0.5, 0.6) is 0 Å². The van der Waals surface area contributed by atoms with E-state index in [0.29, 0.717) is 13.2 Å². The van der Waals surface area contributed by atoms with Crippen molar-refractivity contribution in [3.63, 3.8) is 0 Å². The maximum absolute atomic E-state index is 11.0. The van der Waals surface area contributed by atoms with Crippen molar-refractivity contribution < 1.29 is 13.2 Å². The van der Waals surface area contributed by atoms with Crippen LogP contribution in [-0.2, 0) is 14.6 Å². The summed E-state index contributed by atoms with van der Waals surface area (Å²) in [5, 5.41) is 3.17. The van der Waals surface area contributed by atoms with Crippen molar-refractivity contribution in [2.75, 3.05) is 25.2 Å². The summed E-state index contributed by atoms with van der Waals surface area (Å²) in [5.74, 6) is 0.170. The topological polar surface area (TPSA) is 55.4 Å². The lowest BCUT2D eigenvalue weighted by atomic mass is 10.3. The average molecular weight is 223 g/mol. The molecular weight excluding hydrogens is 202 g/mol. The predicted molar refractivity (Wildman–Crippen MR) is 58.3 cm³/mol. The third kappa shape index (κ3) is 8.47. The molecule has 0 aliphatic heterocycles. The molecule has 0 aliphatic rings. The van der Waals surface area contributed by atoms with Crippen LogP contribution >= 0.6 is 0 Å². The number of sulfone groups is 1. The zero-order chi connectivity index (χ0) is 11.2. The predicted octanol–water partition coefficient (Wildman–Crippen LogP) is 0.434. The van der Waals surface area contributed by atoms with Gasteiger partial charge in [0.2, 0.25) is 0 Å². The van der Waals surface area contributed by atoms with E-state index in [4.69, 9.17) is 4.74 Å². The maximum atomic E-state index is 11.0. The van der Waals surface area contributed by atoms with E-state index in [-0.39, 0.29) is 17.8 Å². The Kier molecular flexibility index (Phi) is 6.31. The molecule has 4 nitrogen and oxygen atoms in total. The second-order valence-corrected chi connectivity index (χ2v) is 5.91. The molecule has 0 aromatic carbocycles. The van der Waals surface area contributed by atoms with Crippen LogP contribution in [0, 0.1) is 0 Å². The minimum absolute atomic E-state index is 0.0274. The van der Waals surface area contributed by atoms with E-state index in [9.17, 15) is 8.42 Å². The van der Waals surface area contributed by atoms with Crippen molar-refractivity contribution in [1.29, 1.82) is 0 Å². The van der Waals surface area contributed by atoms with Gasteiger partial charge >= 0.3 is 0 Å². The fraction of sp³-hybridized carbons (Fsp3) is 1.00. The number of ether oxygens (including phenoxy) is 1. The summed E-state index contributed by atoms with van der Waals surface area (Å²) in [6, 6.07) is 0.159. The Morgan fingerprint density at radius 2 is 1.86 bits per heavy atom. The van der Waals surface area contributed by atoms with Crippen LogP contribution in [-0.4, -0.2) is 45.7 Å². The zero-order valence-corrected chi connectivity index (χ0v) is 10.2. The molecule has 0 heterocycles. The minimum atomic E-state index is -2.89. The van der Waals surface area contributed by atoms with E-state index in [1.54, 1.807) is 0 Å². The van der Waals surface area contributed by atoms with Crippen LogP contribution in [0.15, 0.2) is 0 Å². The summed E-state index contributed by atoms with van der Waals surface area (Å²) in [6.45, 7) is 7.08. The molecule has 0 aromatic rings. The van der Waals surface area contributed by atoms with Gasteiger partial charge in [0.05, 0.1) is 12.4 Å². The first kappa shape index (κ1) is 13.9. The molecule has 0 saturated carbocycles. The highest BCUT2D eigenvalue weighted by molar-refractivity contribution is 7.90. The Morgan fingerprint density at radius 1 is 1.29 bits per heavy atom. The van der Waals surface area contributed by atoms with Gasteiger partial charge in [-0.1, -0.05) is 0 Å². The Bertz CT molecular complexity index is 238. The van der Waals surface area contributed by atoms with Crippen LogP contribution in [0.2, 0.25) is 0 Å². The van der Waals surface area contributed by atoms with Gasteiger partial charge in [0.25, 0.3) is 0 Å². The molecule has 0 aromatic heterocycles. The van der Waals surface area contributed by atoms with Crippen LogP contribution < -0.4 is 5.32 Å². The van der Waals surface area contributed by atoms with E-state index in [0.717, 1.165) is 0 Å². The van der Waals surface area contributed by atoms with E-state index >= 15 is 0 Å². The van der Waals surface area contributed by atoms with E-state index in [1.165, 1.54) is 6.26 Å². The molecular formula is C9H21NO3S. The van der Waals surface area contributed by atoms with Crippen LogP contribution in [0.25, 0.3) is 0 Å². The van der Waals surface area contributed by atoms with Gasteiger partial charge in [-0.3, -0.25) is 0 Å². The third-order valence-corrected chi connectivity index (χ3v) is 2.80. The first-order chi connectivity index (χ1) is 6.35. The molecule has 2 atom stereocenters. The van der Waals surface area contributed by atoms with E-state index < -0.39 is 9.84 Å². The number of nitrogens with one attached hydrogen (secondary N) is 1. The first-order valence-corrected chi connectivity index (χ1v) is 6.92. The van der Waals surface area contributed by atoms with Gasteiger partial charge in [-0.25, -0.2) is 8.42 Å². The van der Waals surface area contributed by atoms with Gasteiger partial charge in [0.15, 0.2) is 0 Å². The molecule has 0 bridgehead atoms. The van der Waals surface area contributed by atoms with Crippen molar-refractivity contribution in [1.82, 2.24) is 5.32 Å². The lowest BCUT2D eigenvalue weighted by Crippen LogP contribution is -2.41. The molecule has 0 fully saturated rings. The molecule has 14 heavy (non-hydrogen) atoms.